The summed E-state index contributed by atoms with van der Waals surface area (Å²) in [5, 5.41) is 19.2. The van der Waals surface area contributed by atoms with Crippen molar-refractivity contribution in [1.82, 2.24) is 4.72 Å². The Morgan fingerprint density at radius 2 is 1.90 bits per heavy atom. The lowest BCUT2D eigenvalue weighted by Crippen LogP contribution is -2.42. The third-order valence-corrected chi connectivity index (χ3v) is 4.89. The van der Waals surface area contributed by atoms with Crippen molar-refractivity contribution in [3.63, 3.8) is 0 Å². The SMILES string of the molecule is CCC(O)(CC)CNS(=O)(=O)c1ccc(N)cc1C(=O)O. The minimum absolute atomic E-state index is 0.157. The molecular formula is C13H20N2O5S. The first kappa shape index (κ1) is 17.4. The van der Waals surface area contributed by atoms with Crippen molar-refractivity contribution in [3.8, 4) is 0 Å². The first-order valence-electron chi connectivity index (χ1n) is 6.50. The summed E-state index contributed by atoms with van der Waals surface area (Å²) in [7, 11) is -4.05. The van der Waals surface area contributed by atoms with E-state index < -0.39 is 27.2 Å². The van der Waals surface area contributed by atoms with E-state index in [0.717, 1.165) is 12.1 Å². The van der Waals surface area contributed by atoms with Crippen molar-refractivity contribution in [3.05, 3.63) is 23.8 Å². The molecule has 0 heterocycles. The second-order valence-corrected chi connectivity index (χ2v) is 6.55. The van der Waals surface area contributed by atoms with Crippen LogP contribution in [0.1, 0.15) is 37.0 Å². The monoisotopic (exact) mass is 316 g/mol. The molecule has 1 rings (SSSR count). The maximum absolute atomic E-state index is 12.2. The standard InChI is InChI=1S/C13H20N2O5S/c1-3-13(18,4-2)8-15-21(19,20)11-6-5-9(14)7-10(11)12(16)17/h5-7,15,18H,3-4,8,14H2,1-2H3,(H,16,17). The van der Waals surface area contributed by atoms with Crippen LogP contribution in [-0.4, -0.2) is 36.7 Å². The Bertz CT molecular complexity index is 623. The second-order valence-electron chi connectivity index (χ2n) is 4.82. The molecule has 21 heavy (non-hydrogen) atoms. The largest absolute Gasteiger partial charge is 0.478 e. The van der Waals surface area contributed by atoms with Gasteiger partial charge in [0.25, 0.3) is 0 Å². The quantitative estimate of drug-likeness (QED) is 0.550. The predicted molar refractivity (Wildman–Crippen MR) is 78.5 cm³/mol. The van der Waals surface area contributed by atoms with Crippen LogP contribution in [0.3, 0.4) is 0 Å². The molecule has 0 saturated carbocycles. The smallest absolute Gasteiger partial charge is 0.337 e. The molecule has 0 aromatic heterocycles. The van der Waals surface area contributed by atoms with Crippen molar-refractivity contribution >= 4 is 21.7 Å². The van der Waals surface area contributed by atoms with E-state index in [9.17, 15) is 18.3 Å². The number of benzene rings is 1. The maximum atomic E-state index is 12.2. The van der Waals surface area contributed by atoms with Crippen LogP contribution in [0.25, 0.3) is 0 Å². The van der Waals surface area contributed by atoms with Crippen LogP contribution in [0.4, 0.5) is 5.69 Å². The molecule has 5 N–H and O–H groups in total. The Hall–Kier alpha value is -1.64. The van der Waals surface area contributed by atoms with Crippen LogP contribution < -0.4 is 10.5 Å². The summed E-state index contributed by atoms with van der Waals surface area (Å²) in [4.78, 5) is 10.8. The van der Waals surface area contributed by atoms with E-state index in [1.165, 1.54) is 6.07 Å². The molecule has 0 spiro atoms. The number of sulfonamides is 1. The number of aliphatic hydroxyl groups is 1. The average Bonchev–Trinajstić information content (AvgIpc) is 2.44. The van der Waals surface area contributed by atoms with E-state index in [2.05, 4.69) is 4.72 Å². The Morgan fingerprint density at radius 1 is 1.33 bits per heavy atom. The Kier molecular flexibility index (Phi) is 5.32. The molecule has 0 saturated heterocycles. The molecular weight excluding hydrogens is 296 g/mol. The number of carboxylic acids is 1. The fourth-order valence-electron chi connectivity index (χ4n) is 1.76. The highest BCUT2D eigenvalue weighted by Gasteiger charge is 2.28. The fraction of sp³-hybridized carbons (Fsp3) is 0.462. The van der Waals surface area contributed by atoms with Gasteiger partial charge in [-0.05, 0) is 31.0 Å². The Morgan fingerprint density at radius 3 is 2.38 bits per heavy atom. The second kappa shape index (κ2) is 6.42. The minimum Gasteiger partial charge on any atom is -0.478 e. The summed E-state index contributed by atoms with van der Waals surface area (Å²) < 4.78 is 26.7. The highest BCUT2D eigenvalue weighted by molar-refractivity contribution is 7.89. The molecule has 0 fully saturated rings. The van der Waals surface area contributed by atoms with Gasteiger partial charge in [0.2, 0.25) is 10.0 Å². The molecule has 7 nitrogen and oxygen atoms in total. The summed E-state index contributed by atoms with van der Waals surface area (Å²) in [6.07, 6.45) is 0.749. The van der Waals surface area contributed by atoms with Gasteiger partial charge in [0.1, 0.15) is 0 Å². The van der Waals surface area contributed by atoms with Gasteiger partial charge in [-0.25, -0.2) is 17.9 Å². The molecule has 0 radical (unpaired) electrons. The number of nitrogens with two attached hydrogens (primary N) is 1. The molecule has 0 aliphatic carbocycles. The highest BCUT2D eigenvalue weighted by Crippen LogP contribution is 2.20. The van der Waals surface area contributed by atoms with Crippen LogP contribution in [0.15, 0.2) is 23.1 Å². The molecule has 0 aliphatic rings. The van der Waals surface area contributed by atoms with Gasteiger partial charge in [-0.15, -0.1) is 0 Å². The zero-order chi connectivity index (χ0) is 16.3. The van der Waals surface area contributed by atoms with Gasteiger partial charge in [-0.2, -0.15) is 0 Å². The van der Waals surface area contributed by atoms with Gasteiger partial charge < -0.3 is 15.9 Å². The number of carboxylic acid groups (broad SMARTS) is 1. The zero-order valence-electron chi connectivity index (χ0n) is 12.0. The number of hydrogen-bond donors (Lipinski definition) is 4. The zero-order valence-corrected chi connectivity index (χ0v) is 12.8. The molecule has 0 atom stereocenters. The van der Waals surface area contributed by atoms with Gasteiger partial charge in [-0.3, -0.25) is 0 Å². The van der Waals surface area contributed by atoms with Crippen molar-refractivity contribution in [2.45, 2.75) is 37.2 Å². The number of hydrogen-bond acceptors (Lipinski definition) is 5. The first-order chi connectivity index (χ1) is 9.65. The van der Waals surface area contributed by atoms with Crippen molar-refractivity contribution in [1.29, 1.82) is 0 Å². The topological polar surface area (TPSA) is 130 Å². The lowest BCUT2D eigenvalue weighted by atomic mass is 9.98. The van der Waals surface area contributed by atoms with Crippen molar-refractivity contribution in [2.75, 3.05) is 12.3 Å². The molecule has 0 aliphatic heterocycles. The van der Waals surface area contributed by atoms with Gasteiger partial charge in [0.15, 0.2) is 0 Å². The summed E-state index contributed by atoms with van der Waals surface area (Å²) >= 11 is 0. The molecule has 1 aromatic carbocycles. The molecule has 0 bridgehead atoms. The van der Waals surface area contributed by atoms with E-state index in [1.807, 2.05) is 0 Å². The molecule has 118 valence electrons. The maximum Gasteiger partial charge on any atom is 0.337 e. The van der Waals surface area contributed by atoms with Gasteiger partial charge >= 0.3 is 5.97 Å². The Balaban J connectivity index is 3.12. The van der Waals surface area contributed by atoms with Crippen molar-refractivity contribution < 1.29 is 23.4 Å². The lowest BCUT2D eigenvalue weighted by Gasteiger charge is -2.25. The average molecular weight is 316 g/mol. The van der Waals surface area contributed by atoms with Crippen LogP contribution in [0.5, 0.6) is 0 Å². The number of anilines is 1. The number of aromatic carboxylic acids is 1. The third kappa shape index (κ3) is 4.16. The highest BCUT2D eigenvalue weighted by atomic mass is 32.2. The van der Waals surface area contributed by atoms with E-state index in [4.69, 9.17) is 10.8 Å². The Labute approximate surface area is 123 Å². The number of nitrogen functional groups attached to an aromatic ring is 1. The summed E-state index contributed by atoms with van der Waals surface area (Å²) in [5.41, 5.74) is 4.07. The number of nitrogens with one attached hydrogen (secondary N) is 1. The first-order valence-corrected chi connectivity index (χ1v) is 7.98. The van der Waals surface area contributed by atoms with E-state index in [1.54, 1.807) is 13.8 Å². The number of rotatable bonds is 7. The van der Waals surface area contributed by atoms with Crippen molar-refractivity contribution in [2.24, 2.45) is 0 Å². The van der Waals surface area contributed by atoms with Gasteiger partial charge in [0.05, 0.1) is 16.1 Å². The normalized spacial score (nSPS) is 12.3. The summed E-state index contributed by atoms with van der Waals surface area (Å²) in [6.45, 7) is 3.29. The summed E-state index contributed by atoms with van der Waals surface area (Å²) in [6, 6.07) is 3.54. The van der Waals surface area contributed by atoms with Crippen LogP contribution >= 0.6 is 0 Å². The van der Waals surface area contributed by atoms with E-state index in [0.29, 0.717) is 12.8 Å². The number of carbonyl (C=O) groups is 1. The molecule has 8 heteroatoms. The van der Waals surface area contributed by atoms with Gasteiger partial charge in [-0.1, -0.05) is 13.8 Å². The fourth-order valence-corrected chi connectivity index (χ4v) is 3.05. The molecule has 0 amide bonds. The summed E-state index contributed by atoms with van der Waals surface area (Å²) in [5.74, 6) is -1.39. The van der Waals surface area contributed by atoms with Crippen LogP contribution in [0.2, 0.25) is 0 Å². The molecule has 0 unspecified atom stereocenters. The van der Waals surface area contributed by atoms with Crippen LogP contribution in [-0.2, 0) is 10.0 Å². The third-order valence-electron chi connectivity index (χ3n) is 3.43. The minimum atomic E-state index is -4.05. The van der Waals surface area contributed by atoms with E-state index in [-0.39, 0.29) is 17.1 Å². The van der Waals surface area contributed by atoms with Gasteiger partial charge in [0, 0.05) is 12.2 Å². The van der Waals surface area contributed by atoms with Crippen LogP contribution in [0, 0.1) is 0 Å². The lowest BCUT2D eigenvalue weighted by molar-refractivity contribution is 0.0377. The van der Waals surface area contributed by atoms with E-state index >= 15 is 0 Å². The molecule has 1 aromatic rings. The predicted octanol–water partition coefficient (Wildman–Crippen LogP) is 0.796.